The van der Waals surface area contributed by atoms with Crippen LogP contribution in [0.25, 0.3) is 0 Å². The molecule has 138 valence electrons. The van der Waals surface area contributed by atoms with Crippen molar-refractivity contribution in [2.75, 3.05) is 26.3 Å². The first kappa shape index (κ1) is 19.2. The molecule has 0 radical (unpaired) electrons. The minimum Gasteiger partial charge on any atom is -0.508 e. The Bertz CT molecular complexity index is 551. The number of benzene rings is 1. The molecule has 0 aromatic heterocycles. The van der Waals surface area contributed by atoms with Gasteiger partial charge in [-0.25, -0.2) is 0 Å². The highest BCUT2D eigenvalue weighted by Crippen LogP contribution is 2.13. The number of unbranched alkanes of at least 4 members (excludes halogenated alkanes) is 2. The van der Waals surface area contributed by atoms with Crippen LogP contribution in [0, 0.1) is 0 Å². The van der Waals surface area contributed by atoms with Crippen molar-refractivity contribution in [3.05, 3.63) is 29.8 Å². The summed E-state index contributed by atoms with van der Waals surface area (Å²) in [6.07, 6.45) is 3.15. The predicted molar refractivity (Wildman–Crippen MR) is 93.2 cm³/mol. The zero-order chi connectivity index (χ0) is 18.1. The van der Waals surface area contributed by atoms with Crippen LogP contribution in [0.15, 0.2) is 24.3 Å². The summed E-state index contributed by atoms with van der Waals surface area (Å²) in [4.78, 5) is 25.7. The van der Waals surface area contributed by atoms with Gasteiger partial charge in [-0.05, 0) is 43.9 Å². The average molecular weight is 349 g/mol. The van der Waals surface area contributed by atoms with E-state index in [9.17, 15) is 14.7 Å². The molecule has 1 fully saturated rings. The van der Waals surface area contributed by atoms with E-state index in [1.165, 1.54) is 5.56 Å². The molecule has 1 aromatic rings. The van der Waals surface area contributed by atoms with Gasteiger partial charge >= 0.3 is 5.97 Å². The molecule has 1 N–H and O–H groups in total. The van der Waals surface area contributed by atoms with Gasteiger partial charge in [-0.15, -0.1) is 0 Å². The fraction of sp³-hybridized carbons (Fsp3) is 0.579. The lowest BCUT2D eigenvalue weighted by Gasteiger charge is -2.28. The van der Waals surface area contributed by atoms with Crippen molar-refractivity contribution in [2.24, 2.45) is 0 Å². The third-order valence-corrected chi connectivity index (χ3v) is 4.26. The lowest BCUT2D eigenvalue weighted by molar-refractivity contribution is -0.161. The maximum Gasteiger partial charge on any atom is 0.306 e. The fourth-order valence-corrected chi connectivity index (χ4v) is 2.79. The molecule has 1 aliphatic rings. The van der Waals surface area contributed by atoms with Crippen LogP contribution in [0.4, 0.5) is 0 Å². The molecule has 0 unspecified atom stereocenters. The molecule has 25 heavy (non-hydrogen) atoms. The molecule has 1 saturated heterocycles. The third kappa shape index (κ3) is 6.74. The Hall–Kier alpha value is -2.08. The van der Waals surface area contributed by atoms with Crippen molar-refractivity contribution in [2.45, 2.75) is 45.1 Å². The van der Waals surface area contributed by atoms with Gasteiger partial charge in [0, 0.05) is 19.5 Å². The van der Waals surface area contributed by atoms with Gasteiger partial charge in [0.1, 0.15) is 5.75 Å². The summed E-state index contributed by atoms with van der Waals surface area (Å²) in [5.41, 5.74) is 1.17. The van der Waals surface area contributed by atoms with Crippen LogP contribution in [-0.2, 0) is 25.5 Å². The van der Waals surface area contributed by atoms with Gasteiger partial charge in [-0.3, -0.25) is 9.59 Å². The minimum atomic E-state index is -0.734. The van der Waals surface area contributed by atoms with E-state index < -0.39 is 6.10 Å². The summed E-state index contributed by atoms with van der Waals surface area (Å²) in [6.45, 7) is 3.80. The van der Waals surface area contributed by atoms with E-state index in [0.29, 0.717) is 32.7 Å². The number of hydrogen-bond donors (Lipinski definition) is 1. The Kier molecular flexibility index (Phi) is 7.73. The van der Waals surface area contributed by atoms with Gasteiger partial charge in [0.15, 0.2) is 6.10 Å². The number of esters is 1. The molecule has 0 bridgehead atoms. The smallest absolute Gasteiger partial charge is 0.306 e. The van der Waals surface area contributed by atoms with Crippen molar-refractivity contribution in [1.82, 2.24) is 4.90 Å². The lowest BCUT2D eigenvalue weighted by Crippen LogP contribution is -2.46. The number of rotatable bonds is 8. The maximum absolute atomic E-state index is 12.2. The fourth-order valence-electron chi connectivity index (χ4n) is 2.79. The number of aryl methyl sites for hydroxylation is 1. The van der Waals surface area contributed by atoms with E-state index in [0.717, 1.165) is 25.7 Å². The maximum atomic E-state index is 12.2. The molecule has 1 amide bonds. The number of phenols is 1. The topological polar surface area (TPSA) is 76.1 Å². The van der Waals surface area contributed by atoms with Crippen LogP contribution in [0.5, 0.6) is 5.75 Å². The normalized spacial score (nSPS) is 15.6. The Morgan fingerprint density at radius 3 is 2.52 bits per heavy atom. The summed E-state index contributed by atoms with van der Waals surface area (Å²) >= 11 is 0. The van der Waals surface area contributed by atoms with Crippen molar-refractivity contribution >= 4 is 11.9 Å². The first-order valence-electron chi connectivity index (χ1n) is 8.90. The van der Waals surface area contributed by atoms with Crippen molar-refractivity contribution in [3.8, 4) is 5.75 Å². The zero-order valence-corrected chi connectivity index (χ0v) is 14.8. The lowest BCUT2D eigenvalue weighted by atomic mass is 10.1. The molecule has 1 heterocycles. The predicted octanol–water partition coefficient (Wildman–Crippen LogP) is 2.29. The highest BCUT2D eigenvalue weighted by Gasteiger charge is 2.24. The van der Waals surface area contributed by atoms with Crippen LogP contribution in [-0.4, -0.2) is 54.3 Å². The number of morpholine rings is 1. The minimum absolute atomic E-state index is 0.149. The Labute approximate surface area is 148 Å². The standard InChI is InChI=1S/C19H27NO5/c1-15(19(23)20-11-13-24-14-12-20)25-18(22)6-4-2-3-5-16-7-9-17(21)10-8-16/h7-10,15,21H,2-6,11-14H2,1H3/t15-/m0/s1. The van der Waals surface area contributed by atoms with Gasteiger partial charge in [0.2, 0.25) is 0 Å². The molecule has 2 rings (SSSR count). The van der Waals surface area contributed by atoms with Crippen LogP contribution < -0.4 is 0 Å². The van der Waals surface area contributed by atoms with Crippen molar-refractivity contribution < 1.29 is 24.2 Å². The number of hydrogen-bond acceptors (Lipinski definition) is 5. The third-order valence-electron chi connectivity index (χ3n) is 4.26. The number of ether oxygens (including phenoxy) is 2. The van der Waals surface area contributed by atoms with E-state index in [1.807, 2.05) is 12.1 Å². The molecule has 6 nitrogen and oxygen atoms in total. The highest BCUT2D eigenvalue weighted by molar-refractivity contribution is 5.83. The average Bonchev–Trinajstić information content (AvgIpc) is 2.63. The van der Waals surface area contributed by atoms with Crippen molar-refractivity contribution in [1.29, 1.82) is 0 Å². The number of amides is 1. The second-order valence-electron chi connectivity index (χ2n) is 6.30. The van der Waals surface area contributed by atoms with E-state index in [2.05, 4.69) is 0 Å². The number of carbonyl (C=O) groups excluding carboxylic acids is 2. The van der Waals surface area contributed by atoms with Gasteiger partial charge < -0.3 is 19.5 Å². The van der Waals surface area contributed by atoms with Gasteiger partial charge in [0.25, 0.3) is 5.91 Å². The molecule has 0 spiro atoms. The number of nitrogens with zero attached hydrogens (tertiary/aromatic N) is 1. The second kappa shape index (κ2) is 10.0. The molecule has 1 atom stereocenters. The summed E-state index contributed by atoms with van der Waals surface area (Å²) in [7, 11) is 0. The first-order chi connectivity index (χ1) is 12.1. The molecular weight excluding hydrogens is 322 g/mol. The number of carbonyl (C=O) groups is 2. The van der Waals surface area contributed by atoms with Crippen LogP contribution in [0.3, 0.4) is 0 Å². The Morgan fingerprint density at radius 2 is 1.84 bits per heavy atom. The van der Waals surface area contributed by atoms with Crippen LogP contribution in [0.1, 0.15) is 38.2 Å². The summed E-state index contributed by atoms with van der Waals surface area (Å²) in [6, 6.07) is 7.17. The van der Waals surface area contributed by atoms with Crippen LogP contribution in [0.2, 0.25) is 0 Å². The SMILES string of the molecule is C[C@H](OC(=O)CCCCCc1ccc(O)cc1)C(=O)N1CCOCC1. The highest BCUT2D eigenvalue weighted by atomic mass is 16.5. The molecule has 0 aliphatic carbocycles. The van der Waals surface area contributed by atoms with Gasteiger partial charge in [0.05, 0.1) is 13.2 Å². The monoisotopic (exact) mass is 349 g/mol. The van der Waals surface area contributed by atoms with E-state index in [1.54, 1.807) is 24.0 Å². The van der Waals surface area contributed by atoms with Crippen LogP contribution >= 0.6 is 0 Å². The summed E-state index contributed by atoms with van der Waals surface area (Å²) in [5.74, 6) is -0.199. The molecular formula is C19H27NO5. The van der Waals surface area contributed by atoms with E-state index >= 15 is 0 Å². The zero-order valence-electron chi connectivity index (χ0n) is 14.8. The van der Waals surface area contributed by atoms with E-state index in [-0.39, 0.29) is 17.6 Å². The first-order valence-corrected chi connectivity index (χ1v) is 8.90. The number of aromatic hydroxyl groups is 1. The quantitative estimate of drug-likeness (QED) is 0.576. The molecule has 1 aromatic carbocycles. The summed E-state index contributed by atoms with van der Waals surface area (Å²) < 4.78 is 10.5. The molecule has 6 heteroatoms. The van der Waals surface area contributed by atoms with Gasteiger partial charge in [-0.2, -0.15) is 0 Å². The molecule has 0 saturated carbocycles. The van der Waals surface area contributed by atoms with Gasteiger partial charge in [-0.1, -0.05) is 18.6 Å². The largest absolute Gasteiger partial charge is 0.508 e. The Morgan fingerprint density at radius 1 is 1.16 bits per heavy atom. The van der Waals surface area contributed by atoms with Crippen molar-refractivity contribution in [3.63, 3.8) is 0 Å². The molecule has 1 aliphatic heterocycles. The second-order valence-corrected chi connectivity index (χ2v) is 6.30. The number of phenolic OH excluding ortho intramolecular Hbond substituents is 1. The Balaban J connectivity index is 1.58. The summed E-state index contributed by atoms with van der Waals surface area (Å²) in [5, 5.41) is 9.24. The van der Waals surface area contributed by atoms with E-state index in [4.69, 9.17) is 9.47 Å².